The summed E-state index contributed by atoms with van der Waals surface area (Å²) in [6.45, 7) is 12.4. The predicted molar refractivity (Wildman–Crippen MR) is 84.4 cm³/mol. The Morgan fingerprint density at radius 2 is 1.79 bits per heavy atom. The van der Waals surface area contributed by atoms with E-state index in [1.165, 1.54) is 18.4 Å². The first-order valence-corrected chi connectivity index (χ1v) is 7.69. The van der Waals surface area contributed by atoms with Crippen LogP contribution in [0.1, 0.15) is 46.1 Å². The summed E-state index contributed by atoms with van der Waals surface area (Å²) in [5.74, 6) is 0. The number of nitrogens with one attached hydrogen (secondary N) is 1. The fraction of sp³-hybridized carbons (Fsp3) is 0.647. The topological polar surface area (TPSA) is 15.3 Å². The summed E-state index contributed by atoms with van der Waals surface area (Å²) < 4.78 is 0. The maximum absolute atomic E-state index is 3.57. The SMILES string of the molecule is CCCNCC(CC)N(Cc1ccccc1)C(C)C. The van der Waals surface area contributed by atoms with Crippen molar-refractivity contribution in [1.29, 1.82) is 0 Å². The number of rotatable bonds is 9. The monoisotopic (exact) mass is 262 g/mol. The molecule has 0 amide bonds. The molecule has 0 aliphatic carbocycles. The Morgan fingerprint density at radius 3 is 2.32 bits per heavy atom. The number of hydrogen-bond donors (Lipinski definition) is 1. The maximum Gasteiger partial charge on any atom is 0.0239 e. The minimum absolute atomic E-state index is 0.577. The lowest BCUT2D eigenvalue weighted by atomic mass is 10.1. The van der Waals surface area contributed by atoms with Crippen LogP contribution in [0.25, 0.3) is 0 Å². The Kier molecular flexibility index (Phi) is 7.76. The largest absolute Gasteiger partial charge is 0.315 e. The molecule has 0 aliphatic heterocycles. The van der Waals surface area contributed by atoms with Crippen LogP contribution in [0, 0.1) is 0 Å². The van der Waals surface area contributed by atoms with Crippen LogP contribution in [0.15, 0.2) is 30.3 Å². The summed E-state index contributed by atoms with van der Waals surface area (Å²) in [6, 6.07) is 12.0. The molecule has 0 saturated heterocycles. The minimum atomic E-state index is 0.577. The highest BCUT2D eigenvalue weighted by molar-refractivity contribution is 5.14. The van der Waals surface area contributed by atoms with Crippen molar-refractivity contribution in [2.45, 2.75) is 59.2 Å². The van der Waals surface area contributed by atoms with E-state index in [9.17, 15) is 0 Å². The highest BCUT2D eigenvalue weighted by Gasteiger charge is 2.19. The van der Waals surface area contributed by atoms with Gasteiger partial charge in [0.2, 0.25) is 0 Å². The van der Waals surface area contributed by atoms with Crippen molar-refractivity contribution < 1.29 is 0 Å². The third-order valence-electron chi connectivity index (χ3n) is 3.62. The van der Waals surface area contributed by atoms with Gasteiger partial charge in [0.15, 0.2) is 0 Å². The standard InChI is InChI=1S/C17H30N2/c1-5-12-18-13-17(6-2)19(15(3)4)14-16-10-8-7-9-11-16/h7-11,15,17-18H,5-6,12-14H2,1-4H3. The number of benzene rings is 1. The number of hydrogen-bond acceptors (Lipinski definition) is 2. The predicted octanol–water partition coefficient (Wildman–Crippen LogP) is 3.68. The van der Waals surface area contributed by atoms with Crippen LogP contribution in [0.4, 0.5) is 0 Å². The first-order chi connectivity index (χ1) is 9.19. The molecule has 0 radical (unpaired) electrons. The highest BCUT2D eigenvalue weighted by Crippen LogP contribution is 2.14. The van der Waals surface area contributed by atoms with Gasteiger partial charge in [-0.25, -0.2) is 0 Å². The normalized spacial score (nSPS) is 13.2. The molecule has 0 heterocycles. The second-order valence-corrected chi connectivity index (χ2v) is 5.52. The molecule has 1 rings (SSSR count). The molecule has 0 spiro atoms. The Bertz CT molecular complexity index is 321. The van der Waals surface area contributed by atoms with Gasteiger partial charge >= 0.3 is 0 Å². The molecule has 0 bridgehead atoms. The van der Waals surface area contributed by atoms with E-state index < -0.39 is 0 Å². The lowest BCUT2D eigenvalue weighted by Crippen LogP contribution is -2.45. The fourth-order valence-corrected chi connectivity index (χ4v) is 2.47. The average molecular weight is 262 g/mol. The Labute approximate surface area is 119 Å². The van der Waals surface area contributed by atoms with E-state index in [0.29, 0.717) is 12.1 Å². The molecule has 2 heteroatoms. The van der Waals surface area contributed by atoms with Gasteiger partial charge in [0.1, 0.15) is 0 Å². The third kappa shape index (κ3) is 5.75. The van der Waals surface area contributed by atoms with Gasteiger partial charge < -0.3 is 5.32 Å². The third-order valence-corrected chi connectivity index (χ3v) is 3.62. The van der Waals surface area contributed by atoms with Crippen molar-refractivity contribution in [3.63, 3.8) is 0 Å². The molecule has 1 aromatic carbocycles. The molecule has 0 aromatic heterocycles. The highest BCUT2D eigenvalue weighted by atomic mass is 15.2. The van der Waals surface area contributed by atoms with Gasteiger partial charge in [-0.3, -0.25) is 4.90 Å². The average Bonchev–Trinajstić information content (AvgIpc) is 2.42. The molecule has 1 unspecified atom stereocenters. The lowest BCUT2D eigenvalue weighted by Gasteiger charge is -2.35. The fourth-order valence-electron chi connectivity index (χ4n) is 2.47. The minimum Gasteiger partial charge on any atom is -0.315 e. The van der Waals surface area contributed by atoms with Gasteiger partial charge in [-0.2, -0.15) is 0 Å². The van der Waals surface area contributed by atoms with E-state index in [0.717, 1.165) is 19.6 Å². The van der Waals surface area contributed by atoms with E-state index in [4.69, 9.17) is 0 Å². The molecule has 2 nitrogen and oxygen atoms in total. The maximum atomic E-state index is 3.57. The smallest absolute Gasteiger partial charge is 0.0239 e. The van der Waals surface area contributed by atoms with Crippen LogP contribution in [0.3, 0.4) is 0 Å². The van der Waals surface area contributed by atoms with Crippen LogP contribution in [-0.2, 0) is 6.54 Å². The molecule has 1 N–H and O–H groups in total. The van der Waals surface area contributed by atoms with Crippen LogP contribution in [0.5, 0.6) is 0 Å². The summed E-state index contributed by atoms with van der Waals surface area (Å²) in [5.41, 5.74) is 1.41. The van der Waals surface area contributed by atoms with Crippen LogP contribution in [0.2, 0.25) is 0 Å². The molecular formula is C17H30N2. The summed E-state index contributed by atoms with van der Waals surface area (Å²) in [5, 5.41) is 3.57. The van der Waals surface area contributed by atoms with E-state index in [1.54, 1.807) is 0 Å². The van der Waals surface area contributed by atoms with Gasteiger partial charge in [0.05, 0.1) is 0 Å². The van der Waals surface area contributed by atoms with E-state index in [-0.39, 0.29) is 0 Å². The summed E-state index contributed by atoms with van der Waals surface area (Å²) in [4.78, 5) is 2.61. The van der Waals surface area contributed by atoms with E-state index in [1.807, 2.05) is 0 Å². The molecule has 1 atom stereocenters. The first kappa shape index (κ1) is 16.2. The van der Waals surface area contributed by atoms with E-state index in [2.05, 4.69) is 68.2 Å². The second kappa shape index (κ2) is 9.11. The van der Waals surface area contributed by atoms with Crippen LogP contribution < -0.4 is 5.32 Å². The van der Waals surface area contributed by atoms with Gasteiger partial charge in [-0.05, 0) is 38.8 Å². The van der Waals surface area contributed by atoms with Crippen molar-refractivity contribution >= 4 is 0 Å². The Morgan fingerprint density at radius 1 is 1.11 bits per heavy atom. The van der Waals surface area contributed by atoms with Crippen molar-refractivity contribution in [3.05, 3.63) is 35.9 Å². The summed E-state index contributed by atoms with van der Waals surface area (Å²) >= 11 is 0. The van der Waals surface area contributed by atoms with Crippen molar-refractivity contribution in [1.82, 2.24) is 10.2 Å². The van der Waals surface area contributed by atoms with Crippen molar-refractivity contribution in [2.24, 2.45) is 0 Å². The molecule has 0 saturated carbocycles. The summed E-state index contributed by atoms with van der Waals surface area (Å²) in [6.07, 6.45) is 2.40. The van der Waals surface area contributed by atoms with Gasteiger partial charge in [-0.1, -0.05) is 44.2 Å². The van der Waals surface area contributed by atoms with Crippen LogP contribution >= 0.6 is 0 Å². The Hall–Kier alpha value is -0.860. The molecule has 108 valence electrons. The van der Waals surface area contributed by atoms with Crippen molar-refractivity contribution in [3.8, 4) is 0 Å². The molecular weight excluding hydrogens is 232 g/mol. The van der Waals surface area contributed by atoms with Crippen molar-refractivity contribution in [2.75, 3.05) is 13.1 Å². The lowest BCUT2D eigenvalue weighted by molar-refractivity contribution is 0.137. The van der Waals surface area contributed by atoms with E-state index >= 15 is 0 Å². The van der Waals surface area contributed by atoms with Gasteiger partial charge in [0.25, 0.3) is 0 Å². The zero-order valence-electron chi connectivity index (χ0n) is 13.0. The quantitative estimate of drug-likeness (QED) is 0.683. The molecule has 0 fully saturated rings. The summed E-state index contributed by atoms with van der Waals surface area (Å²) in [7, 11) is 0. The molecule has 19 heavy (non-hydrogen) atoms. The zero-order valence-corrected chi connectivity index (χ0v) is 13.0. The zero-order chi connectivity index (χ0) is 14.1. The molecule has 0 aliphatic rings. The number of nitrogens with zero attached hydrogens (tertiary/aromatic N) is 1. The van der Waals surface area contributed by atoms with Crippen LogP contribution in [-0.4, -0.2) is 30.1 Å². The Balaban J connectivity index is 2.63. The molecule has 1 aromatic rings. The van der Waals surface area contributed by atoms with Gasteiger partial charge in [-0.15, -0.1) is 0 Å². The van der Waals surface area contributed by atoms with Gasteiger partial charge in [0, 0.05) is 25.2 Å². The second-order valence-electron chi connectivity index (χ2n) is 5.52. The first-order valence-electron chi connectivity index (χ1n) is 7.69.